The number of carbonyl (C=O) groups is 3. The van der Waals surface area contributed by atoms with Crippen LogP contribution in [0.3, 0.4) is 0 Å². The second kappa shape index (κ2) is 5.70. The van der Waals surface area contributed by atoms with E-state index in [0.29, 0.717) is 11.4 Å². The summed E-state index contributed by atoms with van der Waals surface area (Å²) in [6.07, 6.45) is 0. The van der Waals surface area contributed by atoms with E-state index in [1.807, 2.05) is 6.92 Å². The summed E-state index contributed by atoms with van der Waals surface area (Å²) in [7, 11) is 0. The van der Waals surface area contributed by atoms with E-state index in [1.54, 1.807) is 18.2 Å². The van der Waals surface area contributed by atoms with Crippen molar-refractivity contribution in [3.8, 4) is 0 Å². The van der Waals surface area contributed by atoms with Gasteiger partial charge >= 0.3 is 0 Å². The number of carbonyl (C=O) groups excluding carboxylic acids is 3. The third-order valence-corrected chi connectivity index (χ3v) is 2.92. The van der Waals surface area contributed by atoms with E-state index in [1.165, 1.54) is 0 Å². The summed E-state index contributed by atoms with van der Waals surface area (Å²) in [5, 5.41) is 2.59. The molecule has 0 aliphatic carbocycles. The maximum Gasteiger partial charge on any atom is 0.255 e. The number of ether oxygens (including phenoxy) is 1. The van der Waals surface area contributed by atoms with Gasteiger partial charge in [-0.3, -0.25) is 19.3 Å². The highest BCUT2D eigenvalue weighted by Gasteiger charge is 2.28. The standard InChI is InChI=1S/C13H15N3O4/c1-8-2-3-9(4-10(8)14)15-11(17)5-16-12(18)6-20-7-13(16)19/h2-4H,5-7,14H2,1H3,(H,15,17). The van der Waals surface area contributed by atoms with E-state index in [2.05, 4.69) is 5.32 Å². The Bertz CT molecular complexity index is 555. The number of benzene rings is 1. The molecule has 0 aromatic heterocycles. The van der Waals surface area contributed by atoms with Crippen LogP contribution in [-0.4, -0.2) is 42.4 Å². The van der Waals surface area contributed by atoms with Crippen LogP contribution in [0.2, 0.25) is 0 Å². The molecule has 0 saturated carbocycles. The van der Waals surface area contributed by atoms with Crippen molar-refractivity contribution in [2.45, 2.75) is 6.92 Å². The van der Waals surface area contributed by atoms with Gasteiger partial charge in [0.2, 0.25) is 5.91 Å². The van der Waals surface area contributed by atoms with Gasteiger partial charge in [-0.15, -0.1) is 0 Å². The Kier molecular flexibility index (Phi) is 3.99. The number of amides is 3. The molecule has 0 atom stereocenters. The molecule has 3 amide bonds. The van der Waals surface area contributed by atoms with Crippen LogP contribution in [0.5, 0.6) is 0 Å². The quantitative estimate of drug-likeness (QED) is 0.593. The van der Waals surface area contributed by atoms with E-state index < -0.39 is 17.7 Å². The molecular weight excluding hydrogens is 262 g/mol. The van der Waals surface area contributed by atoms with Crippen LogP contribution in [0.4, 0.5) is 11.4 Å². The van der Waals surface area contributed by atoms with Gasteiger partial charge < -0.3 is 15.8 Å². The van der Waals surface area contributed by atoms with Crippen LogP contribution < -0.4 is 11.1 Å². The lowest BCUT2D eigenvalue weighted by Gasteiger charge is -2.24. The Morgan fingerprint density at radius 1 is 1.35 bits per heavy atom. The van der Waals surface area contributed by atoms with Crippen LogP contribution in [0, 0.1) is 6.92 Å². The number of hydrogen-bond acceptors (Lipinski definition) is 5. The Balaban J connectivity index is 1.99. The summed E-state index contributed by atoms with van der Waals surface area (Å²) < 4.78 is 4.76. The van der Waals surface area contributed by atoms with Gasteiger partial charge in [-0.25, -0.2) is 0 Å². The number of morpholine rings is 1. The molecule has 1 saturated heterocycles. The molecule has 1 aliphatic heterocycles. The van der Waals surface area contributed by atoms with Crippen LogP contribution in [-0.2, 0) is 19.1 Å². The number of nitrogens with two attached hydrogens (primary N) is 1. The molecule has 20 heavy (non-hydrogen) atoms. The first-order valence-corrected chi connectivity index (χ1v) is 6.04. The third kappa shape index (κ3) is 3.12. The topological polar surface area (TPSA) is 102 Å². The van der Waals surface area contributed by atoms with Crippen molar-refractivity contribution >= 4 is 29.1 Å². The molecule has 7 nitrogen and oxygen atoms in total. The molecule has 106 valence electrons. The molecule has 3 N–H and O–H groups in total. The van der Waals surface area contributed by atoms with Gasteiger partial charge in [0.15, 0.2) is 0 Å². The fraction of sp³-hybridized carbons (Fsp3) is 0.308. The minimum absolute atomic E-state index is 0.184. The van der Waals surface area contributed by atoms with Crippen molar-refractivity contribution in [2.75, 3.05) is 30.8 Å². The van der Waals surface area contributed by atoms with E-state index in [4.69, 9.17) is 10.5 Å². The zero-order valence-corrected chi connectivity index (χ0v) is 11.0. The van der Waals surface area contributed by atoms with Crippen LogP contribution >= 0.6 is 0 Å². The first-order valence-electron chi connectivity index (χ1n) is 6.04. The Hall–Kier alpha value is -2.41. The zero-order valence-electron chi connectivity index (χ0n) is 11.0. The maximum absolute atomic E-state index is 11.8. The van der Waals surface area contributed by atoms with Crippen LogP contribution in [0.15, 0.2) is 18.2 Å². The second-order valence-corrected chi connectivity index (χ2v) is 4.49. The van der Waals surface area contributed by atoms with E-state index >= 15 is 0 Å². The summed E-state index contributed by atoms with van der Waals surface area (Å²) in [6.45, 7) is 1.16. The van der Waals surface area contributed by atoms with Crippen LogP contribution in [0.25, 0.3) is 0 Å². The normalized spacial score (nSPS) is 15.3. The van der Waals surface area contributed by atoms with Crippen molar-refractivity contribution in [3.05, 3.63) is 23.8 Å². The minimum Gasteiger partial charge on any atom is -0.398 e. The molecule has 0 spiro atoms. The smallest absolute Gasteiger partial charge is 0.255 e. The fourth-order valence-corrected chi connectivity index (χ4v) is 1.76. The number of anilines is 2. The van der Waals surface area contributed by atoms with Crippen molar-refractivity contribution in [3.63, 3.8) is 0 Å². The molecule has 1 aromatic rings. The lowest BCUT2D eigenvalue weighted by molar-refractivity contribution is -0.159. The highest BCUT2D eigenvalue weighted by atomic mass is 16.5. The molecular formula is C13H15N3O4. The third-order valence-electron chi connectivity index (χ3n) is 2.92. The summed E-state index contributed by atoms with van der Waals surface area (Å²) in [5.41, 5.74) is 7.72. The summed E-state index contributed by atoms with van der Waals surface area (Å²) in [6, 6.07) is 5.10. The summed E-state index contributed by atoms with van der Waals surface area (Å²) in [4.78, 5) is 35.7. The Labute approximate surface area is 115 Å². The van der Waals surface area contributed by atoms with E-state index in [9.17, 15) is 14.4 Å². The molecule has 2 rings (SSSR count). The summed E-state index contributed by atoms with van der Waals surface area (Å²) in [5.74, 6) is -1.49. The Morgan fingerprint density at radius 3 is 2.60 bits per heavy atom. The lowest BCUT2D eigenvalue weighted by atomic mass is 10.2. The highest BCUT2D eigenvalue weighted by Crippen LogP contribution is 2.16. The zero-order chi connectivity index (χ0) is 14.7. The number of nitrogens with one attached hydrogen (secondary N) is 1. The molecule has 0 radical (unpaired) electrons. The van der Waals surface area contributed by atoms with Gasteiger partial charge in [-0.2, -0.15) is 0 Å². The van der Waals surface area contributed by atoms with Crippen molar-refractivity contribution in [1.29, 1.82) is 0 Å². The van der Waals surface area contributed by atoms with Crippen molar-refractivity contribution < 1.29 is 19.1 Å². The van der Waals surface area contributed by atoms with Crippen molar-refractivity contribution in [1.82, 2.24) is 4.90 Å². The number of nitrogen functional groups attached to an aromatic ring is 1. The van der Waals surface area contributed by atoms with E-state index in [-0.39, 0.29) is 19.8 Å². The predicted octanol–water partition coefficient (Wildman–Crippen LogP) is -0.0989. The monoisotopic (exact) mass is 277 g/mol. The van der Waals surface area contributed by atoms with Gasteiger partial charge in [-0.05, 0) is 24.6 Å². The Morgan fingerprint density at radius 2 is 2.00 bits per heavy atom. The second-order valence-electron chi connectivity index (χ2n) is 4.49. The molecule has 1 heterocycles. The molecule has 1 aromatic carbocycles. The molecule has 7 heteroatoms. The first-order chi connectivity index (χ1) is 9.47. The van der Waals surface area contributed by atoms with Crippen molar-refractivity contribution in [2.24, 2.45) is 0 Å². The number of nitrogens with zero attached hydrogens (tertiary/aromatic N) is 1. The number of hydrogen-bond donors (Lipinski definition) is 2. The van der Waals surface area contributed by atoms with Gasteiger partial charge in [0.05, 0.1) is 0 Å². The number of imide groups is 1. The highest BCUT2D eigenvalue weighted by molar-refractivity contribution is 6.03. The van der Waals surface area contributed by atoms with Gasteiger partial charge in [0.1, 0.15) is 19.8 Å². The minimum atomic E-state index is -0.514. The lowest BCUT2D eigenvalue weighted by Crippen LogP contribution is -2.49. The predicted molar refractivity (Wildman–Crippen MR) is 71.8 cm³/mol. The molecule has 1 aliphatic rings. The van der Waals surface area contributed by atoms with Gasteiger partial charge in [-0.1, -0.05) is 6.07 Å². The average molecular weight is 277 g/mol. The van der Waals surface area contributed by atoms with Gasteiger partial charge in [0.25, 0.3) is 11.8 Å². The molecule has 0 unspecified atom stereocenters. The molecule has 1 fully saturated rings. The summed E-state index contributed by atoms with van der Waals surface area (Å²) >= 11 is 0. The SMILES string of the molecule is Cc1ccc(NC(=O)CN2C(=O)COCC2=O)cc1N. The molecule has 0 bridgehead atoms. The number of aryl methyl sites for hydroxylation is 1. The average Bonchev–Trinajstić information content (AvgIpc) is 2.38. The van der Waals surface area contributed by atoms with Crippen LogP contribution in [0.1, 0.15) is 5.56 Å². The fourth-order valence-electron chi connectivity index (χ4n) is 1.76. The maximum atomic E-state index is 11.8. The largest absolute Gasteiger partial charge is 0.398 e. The first kappa shape index (κ1) is 14.0. The van der Waals surface area contributed by atoms with Gasteiger partial charge in [0, 0.05) is 11.4 Å². The number of rotatable bonds is 3. The van der Waals surface area contributed by atoms with E-state index in [0.717, 1.165) is 10.5 Å².